The standard InChI is InChI=1S/C7H12ClN5O/c1-14-4-2-3-10-7-12-5(8)11-6(9)13-7/h2-4H2,1H3,(H3,9,10,11,12,13). The Kier molecular flexibility index (Phi) is 4.34. The van der Waals surface area contributed by atoms with Gasteiger partial charge in [-0.2, -0.15) is 15.0 Å². The van der Waals surface area contributed by atoms with Gasteiger partial charge in [0.15, 0.2) is 0 Å². The number of nitrogens with two attached hydrogens (primary N) is 1. The van der Waals surface area contributed by atoms with Crippen molar-refractivity contribution in [3.63, 3.8) is 0 Å². The van der Waals surface area contributed by atoms with Gasteiger partial charge in [-0.05, 0) is 18.0 Å². The highest BCUT2D eigenvalue weighted by Crippen LogP contribution is 2.06. The number of nitrogen functional groups attached to an aromatic ring is 1. The minimum atomic E-state index is 0.0896. The summed E-state index contributed by atoms with van der Waals surface area (Å²) >= 11 is 5.58. The van der Waals surface area contributed by atoms with E-state index in [0.29, 0.717) is 19.1 Å². The predicted octanol–water partition coefficient (Wildman–Crippen LogP) is 0.556. The van der Waals surface area contributed by atoms with E-state index in [-0.39, 0.29) is 11.2 Å². The monoisotopic (exact) mass is 217 g/mol. The van der Waals surface area contributed by atoms with Crippen LogP contribution >= 0.6 is 11.6 Å². The highest BCUT2D eigenvalue weighted by atomic mass is 35.5. The van der Waals surface area contributed by atoms with E-state index in [9.17, 15) is 0 Å². The van der Waals surface area contributed by atoms with Gasteiger partial charge >= 0.3 is 0 Å². The zero-order valence-electron chi connectivity index (χ0n) is 7.83. The zero-order chi connectivity index (χ0) is 10.4. The molecule has 6 nitrogen and oxygen atoms in total. The molecule has 1 aromatic heterocycles. The number of hydrogen-bond donors (Lipinski definition) is 2. The molecule has 0 unspecified atom stereocenters. The minimum absolute atomic E-state index is 0.0896. The second-order valence-electron chi connectivity index (χ2n) is 2.56. The van der Waals surface area contributed by atoms with Gasteiger partial charge in [0.25, 0.3) is 0 Å². The summed E-state index contributed by atoms with van der Waals surface area (Å²) in [5.74, 6) is 0.498. The molecule has 0 radical (unpaired) electrons. The van der Waals surface area contributed by atoms with Gasteiger partial charge in [-0.15, -0.1) is 0 Å². The number of anilines is 2. The van der Waals surface area contributed by atoms with Crippen molar-refractivity contribution in [1.82, 2.24) is 15.0 Å². The first-order chi connectivity index (χ1) is 6.72. The maximum atomic E-state index is 5.58. The largest absolute Gasteiger partial charge is 0.385 e. The van der Waals surface area contributed by atoms with Gasteiger partial charge < -0.3 is 15.8 Å². The van der Waals surface area contributed by atoms with Crippen LogP contribution in [0.5, 0.6) is 0 Å². The molecule has 1 aromatic rings. The van der Waals surface area contributed by atoms with Gasteiger partial charge in [-0.3, -0.25) is 0 Å². The number of halogens is 1. The molecule has 7 heteroatoms. The summed E-state index contributed by atoms with van der Waals surface area (Å²) in [6.45, 7) is 1.38. The van der Waals surface area contributed by atoms with Crippen LogP contribution in [-0.2, 0) is 4.74 Å². The first kappa shape index (κ1) is 10.9. The Morgan fingerprint density at radius 2 is 2.21 bits per heavy atom. The molecule has 0 saturated heterocycles. The number of methoxy groups -OCH3 is 1. The second kappa shape index (κ2) is 5.56. The van der Waals surface area contributed by atoms with Gasteiger partial charge in [0.05, 0.1) is 0 Å². The predicted molar refractivity (Wildman–Crippen MR) is 54.2 cm³/mol. The van der Waals surface area contributed by atoms with Gasteiger partial charge in [-0.1, -0.05) is 0 Å². The van der Waals surface area contributed by atoms with Crippen LogP contribution in [-0.4, -0.2) is 35.2 Å². The van der Waals surface area contributed by atoms with Gasteiger partial charge in [-0.25, -0.2) is 0 Å². The number of aromatic nitrogens is 3. The molecule has 0 bridgehead atoms. The summed E-state index contributed by atoms with van der Waals surface area (Å²) in [7, 11) is 1.65. The van der Waals surface area contributed by atoms with Gasteiger partial charge in [0, 0.05) is 20.3 Å². The first-order valence-electron chi connectivity index (χ1n) is 4.12. The van der Waals surface area contributed by atoms with Crippen LogP contribution in [0.4, 0.5) is 11.9 Å². The van der Waals surface area contributed by atoms with E-state index in [1.54, 1.807) is 7.11 Å². The molecule has 0 spiro atoms. The third-order valence-corrected chi connectivity index (χ3v) is 1.60. The molecule has 0 aromatic carbocycles. The van der Waals surface area contributed by atoms with Crippen LogP contribution in [0.15, 0.2) is 0 Å². The van der Waals surface area contributed by atoms with E-state index in [1.165, 1.54) is 0 Å². The topological polar surface area (TPSA) is 86.0 Å². The molecular formula is C7H12ClN5O. The summed E-state index contributed by atoms with van der Waals surface area (Å²) in [5.41, 5.74) is 5.38. The maximum Gasteiger partial charge on any atom is 0.228 e. The number of rotatable bonds is 5. The Balaban J connectivity index is 2.42. The fraction of sp³-hybridized carbons (Fsp3) is 0.571. The van der Waals surface area contributed by atoms with E-state index in [2.05, 4.69) is 20.3 Å². The molecule has 0 aliphatic heterocycles. The maximum absolute atomic E-state index is 5.58. The third-order valence-electron chi connectivity index (χ3n) is 1.43. The molecule has 14 heavy (non-hydrogen) atoms. The first-order valence-corrected chi connectivity index (χ1v) is 4.50. The summed E-state index contributed by atoms with van der Waals surface area (Å²) in [6, 6.07) is 0. The number of ether oxygens (including phenoxy) is 1. The fourth-order valence-electron chi connectivity index (χ4n) is 0.861. The van der Waals surface area contributed by atoms with Crippen LogP contribution in [0.1, 0.15) is 6.42 Å². The molecule has 78 valence electrons. The summed E-state index contributed by atoms with van der Waals surface area (Å²) < 4.78 is 4.88. The Morgan fingerprint density at radius 1 is 1.43 bits per heavy atom. The number of nitrogens with zero attached hydrogens (tertiary/aromatic N) is 3. The van der Waals surface area contributed by atoms with Crippen molar-refractivity contribution in [2.75, 3.05) is 31.3 Å². The summed E-state index contributed by atoms with van der Waals surface area (Å²) in [5, 5.41) is 3.04. The highest BCUT2D eigenvalue weighted by Gasteiger charge is 2.00. The Labute approximate surface area is 86.9 Å². The molecule has 3 N–H and O–H groups in total. The van der Waals surface area contributed by atoms with Crippen molar-refractivity contribution in [1.29, 1.82) is 0 Å². The fourth-order valence-corrected chi connectivity index (χ4v) is 1.03. The van der Waals surface area contributed by atoms with E-state index in [1.807, 2.05) is 0 Å². The van der Waals surface area contributed by atoms with Crippen LogP contribution in [0, 0.1) is 0 Å². The van der Waals surface area contributed by atoms with Crippen LogP contribution in [0.2, 0.25) is 5.28 Å². The Bertz CT molecular complexity index is 275. The molecule has 0 atom stereocenters. The van der Waals surface area contributed by atoms with E-state index in [0.717, 1.165) is 6.42 Å². The van der Waals surface area contributed by atoms with Crippen LogP contribution in [0.3, 0.4) is 0 Å². The zero-order valence-corrected chi connectivity index (χ0v) is 8.58. The molecule has 0 aliphatic rings. The van der Waals surface area contributed by atoms with Crippen LogP contribution in [0.25, 0.3) is 0 Å². The lowest BCUT2D eigenvalue weighted by molar-refractivity contribution is 0.197. The lowest BCUT2D eigenvalue weighted by Gasteiger charge is -2.04. The minimum Gasteiger partial charge on any atom is -0.385 e. The van der Waals surface area contributed by atoms with Crippen molar-refractivity contribution < 1.29 is 4.74 Å². The lowest BCUT2D eigenvalue weighted by Crippen LogP contribution is -2.09. The lowest BCUT2D eigenvalue weighted by atomic mass is 10.4. The summed E-state index contributed by atoms with van der Waals surface area (Å²) in [6.07, 6.45) is 0.861. The SMILES string of the molecule is COCCCNc1nc(N)nc(Cl)n1. The number of nitrogens with one attached hydrogen (secondary N) is 1. The van der Waals surface area contributed by atoms with E-state index >= 15 is 0 Å². The van der Waals surface area contributed by atoms with E-state index in [4.69, 9.17) is 22.1 Å². The Morgan fingerprint density at radius 3 is 2.86 bits per heavy atom. The number of hydrogen-bond acceptors (Lipinski definition) is 6. The quantitative estimate of drug-likeness (QED) is 0.701. The van der Waals surface area contributed by atoms with Crippen molar-refractivity contribution in [3.8, 4) is 0 Å². The van der Waals surface area contributed by atoms with Gasteiger partial charge in [0.2, 0.25) is 17.2 Å². The molecule has 0 amide bonds. The average molecular weight is 218 g/mol. The molecule has 0 saturated carbocycles. The average Bonchev–Trinajstić information content (AvgIpc) is 2.11. The van der Waals surface area contributed by atoms with Crippen molar-refractivity contribution in [2.24, 2.45) is 0 Å². The normalized spacial score (nSPS) is 10.1. The van der Waals surface area contributed by atoms with E-state index < -0.39 is 0 Å². The van der Waals surface area contributed by atoms with Gasteiger partial charge in [0.1, 0.15) is 0 Å². The molecule has 1 heterocycles. The molecular weight excluding hydrogens is 206 g/mol. The Hall–Kier alpha value is -1.14. The highest BCUT2D eigenvalue weighted by molar-refractivity contribution is 6.28. The molecule has 1 rings (SSSR count). The molecule has 0 aliphatic carbocycles. The van der Waals surface area contributed by atoms with Crippen molar-refractivity contribution in [2.45, 2.75) is 6.42 Å². The smallest absolute Gasteiger partial charge is 0.228 e. The van der Waals surface area contributed by atoms with Crippen LogP contribution < -0.4 is 11.1 Å². The van der Waals surface area contributed by atoms with Crippen molar-refractivity contribution >= 4 is 23.5 Å². The van der Waals surface area contributed by atoms with Crippen molar-refractivity contribution in [3.05, 3.63) is 5.28 Å². The molecule has 0 fully saturated rings. The third kappa shape index (κ3) is 3.71. The summed E-state index contributed by atoms with van der Waals surface area (Å²) in [4.78, 5) is 11.3. The second-order valence-corrected chi connectivity index (χ2v) is 2.90.